The summed E-state index contributed by atoms with van der Waals surface area (Å²) < 4.78 is 14.3. The molecule has 0 spiro atoms. The number of carbonyl (C=O) groups excluding carboxylic acids is 1. The van der Waals surface area contributed by atoms with E-state index in [1.54, 1.807) is 0 Å². The first-order valence-corrected chi connectivity index (χ1v) is 4.60. The van der Waals surface area contributed by atoms with E-state index in [2.05, 4.69) is 4.74 Å². The highest BCUT2D eigenvalue weighted by atomic mass is 16.6. The van der Waals surface area contributed by atoms with Crippen molar-refractivity contribution in [2.75, 3.05) is 20.8 Å². The molecule has 17 heavy (non-hydrogen) atoms. The molecule has 7 heteroatoms. The summed E-state index contributed by atoms with van der Waals surface area (Å²) in [6, 6.07) is 4.01. The van der Waals surface area contributed by atoms with Gasteiger partial charge in [0.1, 0.15) is 5.75 Å². The van der Waals surface area contributed by atoms with Crippen LogP contribution in [0.3, 0.4) is 0 Å². The number of nitro benzene ring substituents is 1. The molecule has 0 aliphatic heterocycles. The monoisotopic (exact) mass is 241 g/mol. The molecular formula is C10H11NO6. The molecule has 92 valence electrons. The first kappa shape index (κ1) is 12.8. The van der Waals surface area contributed by atoms with Gasteiger partial charge in [0.25, 0.3) is 0 Å². The van der Waals surface area contributed by atoms with E-state index in [4.69, 9.17) is 9.47 Å². The molecule has 0 amide bonds. The van der Waals surface area contributed by atoms with Crippen molar-refractivity contribution in [2.24, 2.45) is 0 Å². The Morgan fingerprint density at radius 1 is 1.41 bits per heavy atom. The van der Waals surface area contributed by atoms with Gasteiger partial charge in [0.2, 0.25) is 5.75 Å². The number of methoxy groups -OCH3 is 2. The fourth-order valence-electron chi connectivity index (χ4n) is 1.08. The summed E-state index contributed by atoms with van der Waals surface area (Å²) in [5.41, 5.74) is -0.241. The van der Waals surface area contributed by atoms with Crippen molar-refractivity contribution < 1.29 is 23.9 Å². The largest absolute Gasteiger partial charge is 0.497 e. The zero-order valence-electron chi connectivity index (χ0n) is 9.34. The van der Waals surface area contributed by atoms with E-state index in [1.165, 1.54) is 32.4 Å². The summed E-state index contributed by atoms with van der Waals surface area (Å²) in [5, 5.41) is 10.7. The lowest BCUT2D eigenvalue weighted by Crippen LogP contribution is -2.13. The maximum absolute atomic E-state index is 10.9. The molecule has 1 aromatic carbocycles. The number of esters is 1. The zero-order chi connectivity index (χ0) is 12.8. The average Bonchev–Trinajstić information content (AvgIpc) is 2.35. The van der Waals surface area contributed by atoms with Crippen LogP contribution in [-0.2, 0) is 9.53 Å². The number of hydrogen-bond donors (Lipinski definition) is 0. The second kappa shape index (κ2) is 5.69. The molecule has 0 N–H and O–H groups in total. The molecule has 0 radical (unpaired) electrons. The highest BCUT2D eigenvalue weighted by molar-refractivity contribution is 5.71. The van der Waals surface area contributed by atoms with Gasteiger partial charge in [0.05, 0.1) is 19.1 Å². The molecule has 0 unspecified atom stereocenters. The first-order valence-electron chi connectivity index (χ1n) is 4.60. The van der Waals surface area contributed by atoms with Crippen LogP contribution < -0.4 is 9.47 Å². The zero-order valence-corrected chi connectivity index (χ0v) is 9.34. The second-order valence-electron chi connectivity index (χ2n) is 2.96. The molecule has 0 saturated carbocycles. The van der Waals surface area contributed by atoms with Crippen molar-refractivity contribution in [1.29, 1.82) is 0 Å². The summed E-state index contributed by atoms with van der Waals surface area (Å²) in [7, 11) is 2.62. The van der Waals surface area contributed by atoms with E-state index < -0.39 is 17.5 Å². The molecule has 1 aromatic rings. The quantitative estimate of drug-likeness (QED) is 0.436. The molecular weight excluding hydrogens is 230 g/mol. The molecule has 0 fully saturated rings. The number of nitrogens with zero attached hydrogens (tertiary/aromatic N) is 1. The number of hydrogen-bond acceptors (Lipinski definition) is 6. The van der Waals surface area contributed by atoms with E-state index in [-0.39, 0.29) is 11.4 Å². The molecule has 0 heterocycles. The van der Waals surface area contributed by atoms with E-state index >= 15 is 0 Å². The van der Waals surface area contributed by atoms with Crippen molar-refractivity contribution in [3.63, 3.8) is 0 Å². The Labute approximate surface area is 97.0 Å². The first-order chi connectivity index (χ1) is 8.08. The summed E-state index contributed by atoms with van der Waals surface area (Å²) in [6.07, 6.45) is 0. The standard InChI is InChI=1S/C10H11NO6/c1-15-7-3-4-8(11(13)14)9(5-7)17-6-10(12)16-2/h3-5H,6H2,1-2H3. The Kier molecular flexibility index (Phi) is 4.27. The highest BCUT2D eigenvalue weighted by Gasteiger charge is 2.17. The van der Waals surface area contributed by atoms with Crippen molar-refractivity contribution >= 4 is 11.7 Å². The molecule has 0 aliphatic carbocycles. The van der Waals surface area contributed by atoms with Gasteiger partial charge >= 0.3 is 11.7 Å². The van der Waals surface area contributed by atoms with Gasteiger partial charge < -0.3 is 14.2 Å². The molecule has 0 aliphatic rings. The van der Waals surface area contributed by atoms with Crippen LogP contribution in [0, 0.1) is 10.1 Å². The lowest BCUT2D eigenvalue weighted by molar-refractivity contribution is -0.385. The molecule has 1 rings (SSSR count). The molecule has 0 bridgehead atoms. The van der Waals surface area contributed by atoms with E-state index in [0.29, 0.717) is 5.75 Å². The predicted octanol–water partition coefficient (Wildman–Crippen LogP) is 1.16. The van der Waals surface area contributed by atoms with E-state index in [9.17, 15) is 14.9 Å². The lowest BCUT2D eigenvalue weighted by atomic mass is 10.3. The van der Waals surface area contributed by atoms with Crippen molar-refractivity contribution in [3.8, 4) is 11.5 Å². The van der Waals surface area contributed by atoms with Gasteiger partial charge in [0, 0.05) is 12.1 Å². The van der Waals surface area contributed by atoms with Crippen LogP contribution in [0.4, 0.5) is 5.69 Å². The third kappa shape index (κ3) is 3.33. The number of carbonyl (C=O) groups is 1. The van der Waals surface area contributed by atoms with Crippen LogP contribution in [0.15, 0.2) is 18.2 Å². The Balaban J connectivity index is 2.93. The minimum atomic E-state index is -0.623. The fourth-order valence-corrected chi connectivity index (χ4v) is 1.08. The Morgan fingerprint density at radius 3 is 2.65 bits per heavy atom. The second-order valence-corrected chi connectivity index (χ2v) is 2.96. The smallest absolute Gasteiger partial charge is 0.343 e. The molecule has 0 saturated heterocycles. The summed E-state index contributed by atoms with van der Waals surface area (Å²) in [5.74, 6) is -0.266. The van der Waals surface area contributed by atoms with Crippen LogP contribution >= 0.6 is 0 Å². The number of ether oxygens (including phenoxy) is 3. The number of rotatable bonds is 5. The Morgan fingerprint density at radius 2 is 2.12 bits per heavy atom. The van der Waals surface area contributed by atoms with Gasteiger partial charge in [-0.25, -0.2) is 4.79 Å². The van der Waals surface area contributed by atoms with Crippen molar-refractivity contribution in [2.45, 2.75) is 0 Å². The lowest BCUT2D eigenvalue weighted by Gasteiger charge is -2.07. The molecule has 0 atom stereocenters. The maximum Gasteiger partial charge on any atom is 0.343 e. The van der Waals surface area contributed by atoms with E-state index in [1.807, 2.05) is 0 Å². The minimum Gasteiger partial charge on any atom is -0.497 e. The molecule has 0 aromatic heterocycles. The van der Waals surface area contributed by atoms with Gasteiger partial charge in [-0.1, -0.05) is 0 Å². The van der Waals surface area contributed by atoms with Crippen LogP contribution in [-0.4, -0.2) is 31.7 Å². The highest BCUT2D eigenvalue weighted by Crippen LogP contribution is 2.30. The summed E-state index contributed by atoms with van der Waals surface area (Å²) in [4.78, 5) is 21.0. The molecule has 7 nitrogen and oxygen atoms in total. The third-order valence-corrected chi connectivity index (χ3v) is 1.94. The van der Waals surface area contributed by atoms with Gasteiger partial charge in [0.15, 0.2) is 6.61 Å². The van der Waals surface area contributed by atoms with Gasteiger partial charge in [-0.2, -0.15) is 0 Å². The average molecular weight is 241 g/mol. The Hall–Kier alpha value is -2.31. The van der Waals surface area contributed by atoms with Crippen LogP contribution in [0.2, 0.25) is 0 Å². The third-order valence-electron chi connectivity index (χ3n) is 1.94. The normalized spacial score (nSPS) is 9.53. The van der Waals surface area contributed by atoms with Crippen molar-refractivity contribution in [3.05, 3.63) is 28.3 Å². The SMILES string of the molecule is COC(=O)COc1cc(OC)ccc1[N+](=O)[O-]. The summed E-state index contributed by atoms with van der Waals surface area (Å²) in [6.45, 7) is -0.398. The summed E-state index contributed by atoms with van der Waals surface area (Å²) >= 11 is 0. The Bertz CT molecular complexity index is 431. The van der Waals surface area contributed by atoms with Crippen LogP contribution in [0.5, 0.6) is 11.5 Å². The maximum atomic E-state index is 10.9. The topological polar surface area (TPSA) is 87.9 Å². The van der Waals surface area contributed by atoms with E-state index in [0.717, 1.165) is 0 Å². The minimum absolute atomic E-state index is 0.0419. The fraction of sp³-hybridized carbons (Fsp3) is 0.300. The van der Waals surface area contributed by atoms with Crippen LogP contribution in [0.1, 0.15) is 0 Å². The van der Waals surface area contributed by atoms with Gasteiger partial charge in [-0.05, 0) is 6.07 Å². The number of benzene rings is 1. The van der Waals surface area contributed by atoms with Gasteiger partial charge in [-0.15, -0.1) is 0 Å². The van der Waals surface area contributed by atoms with Crippen LogP contribution in [0.25, 0.3) is 0 Å². The predicted molar refractivity (Wildman–Crippen MR) is 57.2 cm³/mol. The van der Waals surface area contributed by atoms with Gasteiger partial charge in [-0.3, -0.25) is 10.1 Å². The van der Waals surface area contributed by atoms with Crippen molar-refractivity contribution in [1.82, 2.24) is 0 Å². The number of nitro groups is 1.